The van der Waals surface area contributed by atoms with Gasteiger partial charge in [-0.3, -0.25) is 14.9 Å². The Morgan fingerprint density at radius 1 is 1.40 bits per heavy atom. The summed E-state index contributed by atoms with van der Waals surface area (Å²) in [6.07, 6.45) is 2.37. The standard InChI is InChI=1S/C13H17N3O4/c17-12(15-9-13(18)6-3-7-13)8-14-10-4-1-2-5-11(10)16(19)20/h1-2,4-5,14,18H,3,6-9H2,(H,15,17). The molecule has 1 saturated carbocycles. The highest BCUT2D eigenvalue weighted by atomic mass is 16.6. The molecule has 0 aliphatic heterocycles. The van der Waals surface area contributed by atoms with E-state index < -0.39 is 10.5 Å². The Morgan fingerprint density at radius 3 is 2.70 bits per heavy atom. The zero-order valence-corrected chi connectivity index (χ0v) is 11.0. The van der Waals surface area contributed by atoms with Crippen molar-refractivity contribution in [2.24, 2.45) is 0 Å². The summed E-state index contributed by atoms with van der Waals surface area (Å²) in [5.74, 6) is -0.302. The number of benzene rings is 1. The molecule has 0 unspecified atom stereocenters. The fraction of sp³-hybridized carbons (Fsp3) is 0.462. The zero-order valence-electron chi connectivity index (χ0n) is 11.0. The molecular weight excluding hydrogens is 262 g/mol. The molecule has 3 N–H and O–H groups in total. The maximum Gasteiger partial charge on any atom is 0.292 e. The minimum absolute atomic E-state index is 0.0685. The molecule has 20 heavy (non-hydrogen) atoms. The monoisotopic (exact) mass is 279 g/mol. The fourth-order valence-corrected chi connectivity index (χ4v) is 2.05. The van der Waals surface area contributed by atoms with Crippen LogP contribution < -0.4 is 10.6 Å². The number of para-hydroxylation sites is 2. The summed E-state index contributed by atoms with van der Waals surface area (Å²) in [7, 11) is 0. The van der Waals surface area contributed by atoms with Crippen molar-refractivity contribution < 1.29 is 14.8 Å². The van der Waals surface area contributed by atoms with Gasteiger partial charge in [-0.1, -0.05) is 12.1 Å². The van der Waals surface area contributed by atoms with Crippen LogP contribution in [0.1, 0.15) is 19.3 Å². The molecule has 7 heteroatoms. The van der Waals surface area contributed by atoms with Gasteiger partial charge < -0.3 is 15.7 Å². The van der Waals surface area contributed by atoms with Gasteiger partial charge in [-0.05, 0) is 25.3 Å². The third-order valence-corrected chi connectivity index (χ3v) is 3.44. The van der Waals surface area contributed by atoms with Crippen LogP contribution in [0.15, 0.2) is 24.3 Å². The van der Waals surface area contributed by atoms with Gasteiger partial charge in [0.2, 0.25) is 5.91 Å². The first-order chi connectivity index (χ1) is 9.50. The van der Waals surface area contributed by atoms with E-state index in [-0.39, 0.29) is 24.7 Å². The number of amides is 1. The number of nitro benzene ring substituents is 1. The van der Waals surface area contributed by atoms with Crippen LogP contribution in [-0.4, -0.2) is 34.6 Å². The molecule has 0 saturated heterocycles. The topological polar surface area (TPSA) is 104 Å². The van der Waals surface area contributed by atoms with E-state index in [9.17, 15) is 20.0 Å². The molecular formula is C13H17N3O4. The van der Waals surface area contributed by atoms with E-state index in [4.69, 9.17) is 0 Å². The molecule has 0 heterocycles. The van der Waals surface area contributed by atoms with Crippen LogP contribution in [-0.2, 0) is 4.79 Å². The summed E-state index contributed by atoms with van der Waals surface area (Å²) in [5.41, 5.74) is -0.540. The largest absolute Gasteiger partial charge is 0.388 e. The second-order valence-electron chi connectivity index (χ2n) is 4.98. The molecule has 0 atom stereocenters. The number of rotatable bonds is 6. The molecule has 1 aliphatic rings. The van der Waals surface area contributed by atoms with Gasteiger partial charge in [-0.15, -0.1) is 0 Å². The third kappa shape index (κ3) is 3.45. The maximum atomic E-state index is 11.6. The number of hydrogen-bond acceptors (Lipinski definition) is 5. The number of carbonyl (C=O) groups excluding carboxylic acids is 1. The number of anilines is 1. The van der Waals surface area contributed by atoms with Crippen molar-refractivity contribution in [3.63, 3.8) is 0 Å². The lowest BCUT2D eigenvalue weighted by Gasteiger charge is -2.36. The first kappa shape index (κ1) is 14.3. The Labute approximate surface area is 116 Å². The van der Waals surface area contributed by atoms with Gasteiger partial charge in [0.1, 0.15) is 5.69 Å². The van der Waals surface area contributed by atoms with E-state index in [0.717, 1.165) is 6.42 Å². The molecule has 1 aliphatic carbocycles. The molecule has 0 spiro atoms. The predicted molar refractivity (Wildman–Crippen MR) is 73.4 cm³/mol. The van der Waals surface area contributed by atoms with E-state index in [1.807, 2.05) is 0 Å². The van der Waals surface area contributed by atoms with Crippen LogP contribution in [0, 0.1) is 10.1 Å². The van der Waals surface area contributed by atoms with Gasteiger partial charge in [-0.2, -0.15) is 0 Å². The minimum Gasteiger partial charge on any atom is -0.388 e. The van der Waals surface area contributed by atoms with Crippen LogP contribution >= 0.6 is 0 Å². The van der Waals surface area contributed by atoms with Crippen LogP contribution in [0.5, 0.6) is 0 Å². The summed E-state index contributed by atoms with van der Waals surface area (Å²) in [4.78, 5) is 21.9. The second kappa shape index (κ2) is 5.87. The molecule has 0 radical (unpaired) electrons. The number of hydrogen-bond donors (Lipinski definition) is 3. The van der Waals surface area contributed by atoms with Gasteiger partial charge in [-0.25, -0.2) is 0 Å². The van der Waals surface area contributed by atoms with Crippen molar-refractivity contribution in [3.8, 4) is 0 Å². The van der Waals surface area contributed by atoms with Crippen LogP contribution in [0.4, 0.5) is 11.4 Å². The smallest absolute Gasteiger partial charge is 0.292 e. The highest BCUT2D eigenvalue weighted by Gasteiger charge is 2.34. The number of carbonyl (C=O) groups is 1. The summed E-state index contributed by atoms with van der Waals surface area (Å²) >= 11 is 0. The van der Waals surface area contributed by atoms with Gasteiger partial charge in [0.15, 0.2) is 0 Å². The van der Waals surface area contributed by atoms with Crippen molar-refractivity contribution >= 4 is 17.3 Å². The number of nitrogens with one attached hydrogen (secondary N) is 2. The number of nitrogens with zero attached hydrogens (tertiary/aromatic N) is 1. The summed E-state index contributed by atoms with van der Waals surface area (Å²) < 4.78 is 0. The molecule has 1 fully saturated rings. The molecule has 2 rings (SSSR count). The van der Waals surface area contributed by atoms with Crippen molar-refractivity contribution in [2.45, 2.75) is 24.9 Å². The Hall–Kier alpha value is -2.15. The van der Waals surface area contributed by atoms with Crippen LogP contribution in [0.2, 0.25) is 0 Å². The summed E-state index contributed by atoms with van der Waals surface area (Å²) in [6, 6.07) is 6.14. The van der Waals surface area contributed by atoms with E-state index in [2.05, 4.69) is 10.6 Å². The third-order valence-electron chi connectivity index (χ3n) is 3.44. The maximum absolute atomic E-state index is 11.6. The minimum atomic E-state index is -0.769. The molecule has 7 nitrogen and oxygen atoms in total. The Bertz CT molecular complexity index is 514. The highest BCUT2D eigenvalue weighted by Crippen LogP contribution is 2.30. The molecule has 1 aromatic rings. The van der Waals surface area contributed by atoms with Crippen molar-refractivity contribution in [3.05, 3.63) is 34.4 Å². The number of aliphatic hydroxyl groups is 1. The highest BCUT2D eigenvalue weighted by molar-refractivity contribution is 5.81. The number of nitro groups is 1. The Morgan fingerprint density at radius 2 is 2.10 bits per heavy atom. The normalized spacial score (nSPS) is 16.1. The molecule has 1 aromatic carbocycles. The van der Waals surface area contributed by atoms with Gasteiger partial charge >= 0.3 is 0 Å². The molecule has 0 bridgehead atoms. The lowest BCUT2D eigenvalue weighted by Crippen LogP contribution is -2.48. The van der Waals surface area contributed by atoms with Crippen molar-refractivity contribution in [1.29, 1.82) is 0 Å². The quantitative estimate of drug-likeness (QED) is 0.533. The van der Waals surface area contributed by atoms with Gasteiger partial charge in [0, 0.05) is 12.6 Å². The van der Waals surface area contributed by atoms with E-state index in [0.29, 0.717) is 18.5 Å². The fourth-order valence-electron chi connectivity index (χ4n) is 2.05. The van der Waals surface area contributed by atoms with Crippen molar-refractivity contribution in [1.82, 2.24) is 5.32 Å². The van der Waals surface area contributed by atoms with Crippen molar-refractivity contribution in [2.75, 3.05) is 18.4 Å². The summed E-state index contributed by atoms with van der Waals surface area (Å²) in [6.45, 7) is 0.158. The van der Waals surface area contributed by atoms with Crippen LogP contribution in [0.3, 0.4) is 0 Å². The van der Waals surface area contributed by atoms with E-state index >= 15 is 0 Å². The molecule has 108 valence electrons. The first-order valence-electron chi connectivity index (χ1n) is 6.47. The van der Waals surface area contributed by atoms with Crippen LogP contribution in [0.25, 0.3) is 0 Å². The molecule has 1 amide bonds. The first-order valence-corrected chi connectivity index (χ1v) is 6.47. The van der Waals surface area contributed by atoms with Gasteiger partial charge in [0.05, 0.1) is 17.1 Å². The average Bonchev–Trinajstić information content (AvgIpc) is 2.41. The van der Waals surface area contributed by atoms with Gasteiger partial charge in [0.25, 0.3) is 5.69 Å². The molecule has 0 aromatic heterocycles. The Kier molecular flexibility index (Phi) is 4.19. The average molecular weight is 279 g/mol. The lowest BCUT2D eigenvalue weighted by atomic mass is 9.80. The van der Waals surface area contributed by atoms with E-state index in [1.54, 1.807) is 18.2 Å². The lowest BCUT2D eigenvalue weighted by molar-refractivity contribution is -0.383. The Balaban J connectivity index is 1.82. The summed E-state index contributed by atoms with van der Waals surface area (Å²) in [5, 5.41) is 26.0. The second-order valence-corrected chi connectivity index (χ2v) is 4.98. The predicted octanol–water partition coefficient (Wildman–Crippen LogP) is 1.04. The SMILES string of the molecule is O=C(CNc1ccccc1[N+](=O)[O-])NCC1(O)CCC1. The van der Waals surface area contributed by atoms with E-state index in [1.165, 1.54) is 6.07 Å². The zero-order chi connectivity index (χ0) is 14.6.